The molecule has 5 nitrogen and oxygen atoms in total. The Bertz CT molecular complexity index is 937. The van der Waals surface area contributed by atoms with E-state index in [1.54, 1.807) is 35.0 Å². The Morgan fingerprint density at radius 2 is 1.92 bits per heavy atom. The standard InChI is InChI=1S/C19H16ClFN4O/c20-14-5-3-13(4-6-14)16-9-17-19(26)23-11-18(25(17)24-16)22-10-12-1-7-15(21)8-2-12/h1-9,18,22H,10-11H2,(H,23,26). The number of benzene rings is 2. The van der Waals surface area contributed by atoms with Crippen molar-refractivity contribution < 1.29 is 9.18 Å². The predicted octanol–water partition coefficient (Wildman–Crippen LogP) is 3.37. The third kappa shape index (κ3) is 3.34. The number of nitrogens with one attached hydrogen (secondary N) is 2. The fourth-order valence-electron chi connectivity index (χ4n) is 2.93. The molecule has 26 heavy (non-hydrogen) atoms. The van der Waals surface area contributed by atoms with Gasteiger partial charge in [0.15, 0.2) is 0 Å². The molecule has 1 aromatic heterocycles. The lowest BCUT2D eigenvalue weighted by Crippen LogP contribution is -2.45. The van der Waals surface area contributed by atoms with Crippen LogP contribution in [0.25, 0.3) is 11.3 Å². The summed E-state index contributed by atoms with van der Waals surface area (Å²) in [5.41, 5.74) is 3.05. The van der Waals surface area contributed by atoms with Gasteiger partial charge in [0, 0.05) is 17.1 Å². The van der Waals surface area contributed by atoms with E-state index in [0.29, 0.717) is 29.5 Å². The van der Waals surface area contributed by atoms with Crippen LogP contribution in [0.2, 0.25) is 5.02 Å². The maximum atomic E-state index is 13.0. The number of carbonyl (C=O) groups is 1. The number of halogens is 2. The van der Waals surface area contributed by atoms with Gasteiger partial charge in [0.05, 0.1) is 12.2 Å². The number of aromatic nitrogens is 2. The van der Waals surface area contributed by atoms with Crippen LogP contribution in [0.5, 0.6) is 0 Å². The second-order valence-corrected chi connectivity index (χ2v) is 6.54. The summed E-state index contributed by atoms with van der Waals surface area (Å²) in [6.07, 6.45) is -0.186. The monoisotopic (exact) mass is 370 g/mol. The van der Waals surface area contributed by atoms with Crippen molar-refractivity contribution in [2.45, 2.75) is 12.7 Å². The molecule has 0 bridgehead atoms. The van der Waals surface area contributed by atoms with Crippen LogP contribution in [0.15, 0.2) is 54.6 Å². The average molecular weight is 371 g/mol. The fourth-order valence-corrected chi connectivity index (χ4v) is 3.05. The van der Waals surface area contributed by atoms with Gasteiger partial charge in [-0.25, -0.2) is 9.07 Å². The molecule has 3 aromatic rings. The molecule has 1 amide bonds. The molecule has 1 atom stereocenters. The Morgan fingerprint density at radius 1 is 1.19 bits per heavy atom. The minimum atomic E-state index is -0.263. The van der Waals surface area contributed by atoms with Gasteiger partial charge in [-0.3, -0.25) is 10.1 Å². The normalized spacial score (nSPS) is 16.2. The quantitative estimate of drug-likeness (QED) is 0.740. The van der Waals surface area contributed by atoms with Crippen molar-refractivity contribution in [1.29, 1.82) is 0 Å². The van der Waals surface area contributed by atoms with E-state index in [9.17, 15) is 9.18 Å². The Labute approximate surface area is 154 Å². The van der Waals surface area contributed by atoms with E-state index in [1.807, 2.05) is 12.1 Å². The van der Waals surface area contributed by atoms with Gasteiger partial charge in [-0.05, 0) is 35.9 Å². The zero-order chi connectivity index (χ0) is 18.1. The van der Waals surface area contributed by atoms with Gasteiger partial charge in [0.2, 0.25) is 0 Å². The lowest BCUT2D eigenvalue weighted by Gasteiger charge is -2.25. The van der Waals surface area contributed by atoms with Gasteiger partial charge in [0.25, 0.3) is 5.91 Å². The van der Waals surface area contributed by atoms with Crippen molar-refractivity contribution in [1.82, 2.24) is 20.4 Å². The summed E-state index contributed by atoms with van der Waals surface area (Å²) in [6.45, 7) is 0.963. The minimum Gasteiger partial charge on any atom is -0.347 e. The third-order valence-corrected chi connectivity index (χ3v) is 4.57. The van der Waals surface area contributed by atoms with E-state index < -0.39 is 0 Å². The predicted molar refractivity (Wildman–Crippen MR) is 97.3 cm³/mol. The summed E-state index contributed by atoms with van der Waals surface area (Å²) >= 11 is 5.93. The largest absolute Gasteiger partial charge is 0.347 e. The summed E-state index contributed by atoms with van der Waals surface area (Å²) in [4.78, 5) is 12.2. The highest BCUT2D eigenvalue weighted by molar-refractivity contribution is 6.30. The first kappa shape index (κ1) is 16.8. The average Bonchev–Trinajstić information content (AvgIpc) is 3.10. The van der Waals surface area contributed by atoms with E-state index in [2.05, 4.69) is 15.7 Å². The number of nitrogens with zero attached hydrogens (tertiary/aromatic N) is 2. The molecule has 0 aliphatic carbocycles. The number of hydrogen-bond acceptors (Lipinski definition) is 3. The first-order chi connectivity index (χ1) is 12.6. The molecule has 132 valence electrons. The topological polar surface area (TPSA) is 59.0 Å². The van der Waals surface area contributed by atoms with Crippen molar-refractivity contribution in [2.75, 3.05) is 6.54 Å². The minimum absolute atomic E-state index is 0.155. The maximum absolute atomic E-state index is 13.0. The molecule has 0 saturated carbocycles. The third-order valence-electron chi connectivity index (χ3n) is 4.31. The second-order valence-electron chi connectivity index (χ2n) is 6.10. The molecule has 2 aromatic carbocycles. The highest BCUT2D eigenvalue weighted by atomic mass is 35.5. The Morgan fingerprint density at radius 3 is 2.65 bits per heavy atom. The zero-order valence-corrected chi connectivity index (χ0v) is 14.5. The van der Waals surface area contributed by atoms with E-state index in [4.69, 9.17) is 11.6 Å². The van der Waals surface area contributed by atoms with Crippen molar-refractivity contribution in [3.05, 3.63) is 76.7 Å². The van der Waals surface area contributed by atoms with Gasteiger partial charge in [-0.15, -0.1) is 0 Å². The molecule has 2 heterocycles. The Kier molecular flexibility index (Phi) is 4.44. The van der Waals surface area contributed by atoms with Crippen LogP contribution in [0.3, 0.4) is 0 Å². The zero-order valence-electron chi connectivity index (χ0n) is 13.7. The molecule has 4 rings (SSSR count). The first-order valence-corrected chi connectivity index (χ1v) is 8.59. The van der Waals surface area contributed by atoms with Crippen molar-refractivity contribution >= 4 is 17.5 Å². The fraction of sp³-hybridized carbons (Fsp3) is 0.158. The lowest BCUT2D eigenvalue weighted by atomic mass is 10.1. The molecular formula is C19H16ClFN4O. The molecule has 7 heteroatoms. The van der Waals surface area contributed by atoms with Crippen molar-refractivity contribution in [3.8, 4) is 11.3 Å². The van der Waals surface area contributed by atoms with Crippen LogP contribution in [0, 0.1) is 5.82 Å². The molecule has 0 saturated heterocycles. The number of hydrogen-bond donors (Lipinski definition) is 2. The first-order valence-electron chi connectivity index (χ1n) is 8.22. The van der Waals surface area contributed by atoms with E-state index in [0.717, 1.165) is 11.1 Å². The summed E-state index contributed by atoms with van der Waals surface area (Å²) in [6, 6.07) is 15.4. The Hall–Kier alpha value is -2.70. The highest BCUT2D eigenvalue weighted by Crippen LogP contribution is 2.24. The number of rotatable bonds is 4. The molecule has 1 aliphatic heterocycles. The van der Waals surface area contributed by atoms with Crippen LogP contribution in [-0.4, -0.2) is 22.2 Å². The number of carbonyl (C=O) groups excluding carboxylic acids is 1. The van der Waals surface area contributed by atoms with E-state index in [-0.39, 0.29) is 17.9 Å². The van der Waals surface area contributed by atoms with Gasteiger partial charge < -0.3 is 5.32 Å². The molecule has 1 unspecified atom stereocenters. The van der Waals surface area contributed by atoms with Gasteiger partial charge in [0.1, 0.15) is 17.7 Å². The van der Waals surface area contributed by atoms with E-state index in [1.165, 1.54) is 12.1 Å². The number of amides is 1. The second kappa shape index (κ2) is 6.90. The van der Waals surface area contributed by atoms with E-state index >= 15 is 0 Å². The van der Waals surface area contributed by atoms with Crippen LogP contribution in [-0.2, 0) is 6.54 Å². The smallest absolute Gasteiger partial charge is 0.269 e. The van der Waals surface area contributed by atoms with Gasteiger partial charge >= 0.3 is 0 Å². The summed E-state index contributed by atoms with van der Waals surface area (Å²) < 4.78 is 14.7. The van der Waals surface area contributed by atoms with Gasteiger partial charge in [-0.2, -0.15) is 5.10 Å². The molecule has 0 radical (unpaired) electrons. The molecular weight excluding hydrogens is 355 g/mol. The van der Waals surface area contributed by atoms with Gasteiger partial charge in [-0.1, -0.05) is 35.9 Å². The summed E-state index contributed by atoms with van der Waals surface area (Å²) in [7, 11) is 0. The molecule has 0 fully saturated rings. The summed E-state index contributed by atoms with van der Waals surface area (Å²) in [5.74, 6) is -0.418. The van der Waals surface area contributed by atoms with Crippen LogP contribution < -0.4 is 10.6 Å². The van der Waals surface area contributed by atoms with Crippen molar-refractivity contribution in [2.24, 2.45) is 0 Å². The summed E-state index contributed by atoms with van der Waals surface area (Å²) in [5, 5.41) is 11.5. The molecule has 0 spiro atoms. The SMILES string of the molecule is O=C1NCC(NCc2ccc(F)cc2)n2nc(-c3ccc(Cl)cc3)cc21. The molecule has 2 N–H and O–H groups in total. The number of fused-ring (bicyclic) bond motifs is 1. The van der Waals surface area contributed by atoms with Crippen molar-refractivity contribution in [3.63, 3.8) is 0 Å². The maximum Gasteiger partial charge on any atom is 0.269 e. The highest BCUT2D eigenvalue weighted by Gasteiger charge is 2.27. The molecule has 1 aliphatic rings. The van der Waals surface area contributed by atoms with Crippen LogP contribution in [0.4, 0.5) is 4.39 Å². The van der Waals surface area contributed by atoms with Crippen LogP contribution >= 0.6 is 11.6 Å². The lowest BCUT2D eigenvalue weighted by molar-refractivity contribution is 0.0900. The Balaban J connectivity index is 1.58. The van der Waals surface area contributed by atoms with Crippen LogP contribution in [0.1, 0.15) is 22.2 Å².